The van der Waals surface area contributed by atoms with Crippen LogP contribution < -0.4 is 0 Å². The van der Waals surface area contributed by atoms with Crippen molar-refractivity contribution in [2.75, 3.05) is 0 Å². The third-order valence-corrected chi connectivity index (χ3v) is 2.55. The van der Waals surface area contributed by atoms with Crippen LogP contribution in [0.4, 0.5) is 0 Å². The molecule has 1 radical (unpaired) electrons. The molecular formula is C7H12B. The molecule has 2 saturated heterocycles. The normalized spacial score (nSPS) is 44.0. The minimum absolute atomic E-state index is 1.04. The highest BCUT2D eigenvalue weighted by Gasteiger charge is 2.31. The maximum absolute atomic E-state index is 2.56. The zero-order valence-corrected chi connectivity index (χ0v) is 5.27. The largest absolute Gasteiger partial charge is 0.117 e. The molecule has 0 nitrogen and oxygen atoms in total. The van der Waals surface area contributed by atoms with Gasteiger partial charge >= 0.3 is 0 Å². The van der Waals surface area contributed by atoms with Crippen molar-refractivity contribution in [3.05, 3.63) is 0 Å². The quantitative estimate of drug-likeness (QED) is 0.416. The molecule has 1 saturated carbocycles. The van der Waals surface area contributed by atoms with Gasteiger partial charge in [-0.2, -0.15) is 0 Å². The molecule has 1 aliphatic carbocycles. The van der Waals surface area contributed by atoms with Crippen LogP contribution in [-0.2, 0) is 0 Å². The Hall–Kier alpha value is 0.0649. The lowest BCUT2D eigenvalue weighted by atomic mass is 9.40. The van der Waals surface area contributed by atoms with Crippen LogP contribution in [0.5, 0.6) is 0 Å². The van der Waals surface area contributed by atoms with E-state index < -0.39 is 0 Å². The molecule has 2 bridgehead atoms. The van der Waals surface area contributed by atoms with Crippen molar-refractivity contribution >= 4 is 7.28 Å². The molecule has 0 amide bonds. The number of hydrogen-bond donors (Lipinski definition) is 0. The van der Waals surface area contributed by atoms with Gasteiger partial charge in [-0.15, -0.1) is 0 Å². The Morgan fingerprint density at radius 3 is 2.00 bits per heavy atom. The van der Waals surface area contributed by atoms with Gasteiger partial charge in [0.2, 0.25) is 0 Å². The van der Waals surface area contributed by atoms with Crippen molar-refractivity contribution in [1.29, 1.82) is 0 Å². The predicted molar refractivity (Wildman–Crippen MR) is 36.3 cm³/mol. The van der Waals surface area contributed by atoms with Crippen LogP contribution in [-0.4, -0.2) is 7.28 Å². The Balaban J connectivity index is 1.95. The number of rotatable bonds is 0. The first kappa shape index (κ1) is 4.90. The molecule has 1 heteroatoms. The van der Waals surface area contributed by atoms with E-state index in [-0.39, 0.29) is 0 Å². The van der Waals surface area contributed by atoms with E-state index in [0.29, 0.717) is 0 Å². The van der Waals surface area contributed by atoms with Crippen molar-refractivity contribution in [2.45, 2.75) is 43.7 Å². The molecule has 43 valence electrons. The average Bonchev–Trinajstić information content (AvgIpc) is 1.89. The molecule has 0 N–H and O–H groups in total. The molecule has 2 atom stereocenters. The van der Waals surface area contributed by atoms with E-state index in [1.807, 2.05) is 0 Å². The molecule has 3 aliphatic rings. The van der Waals surface area contributed by atoms with E-state index in [1.54, 1.807) is 0 Å². The maximum atomic E-state index is 2.56. The second-order valence-corrected chi connectivity index (χ2v) is 3.23. The summed E-state index contributed by atoms with van der Waals surface area (Å²) in [6, 6.07) is 0. The molecule has 3 rings (SSSR count). The zero-order chi connectivity index (χ0) is 5.40. The fourth-order valence-electron chi connectivity index (χ4n) is 1.98. The van der Waals surface area contributed by atoms with E-state index in [9.17, 15) is 0 Å². The molecule has 0 spiro atoms. The van der Waals surface area contributed by atoms with Crippen LogP contribution in [0, 0.1) is 0 Å². The Kier molecular flexibility index (Phi) is 1.09. The fourth-order valence-corrected chi connectivity index (χ4v) is 1.98. The van der Waals surface area contributed by atoms with Gasteiger partial charge in [0, 0.05) is 0 Å². The SMILES string of the molecule is [B]1C2CCCC[C@H]1C2. The van der Waals surface area contributed by atoms with Gasteiger partial charge in [-0.1, -0.05) is 43.7 Å². The third kappa shape index (κ3) is 0.686. The molecule has 1 unspecified atom stereocenters. The lowest BCUT2D eigenvalue weighted by Gasteiger charge is -2.30. The first-order chi connectivity index (χ1) is 3.95. The summed E-state index contributed by atoms with van der Waals surface area (Å²) in [5, 5.41) is 0. The molecular weight excluding hydrogens is 94.9 g/mol. The highest BCUT2D eigenvalue weighted by atomic mass is 14.2. The molecule has 8 heavy (non-hydrogen) atoms. The highest BCUT2D eigenvalue weighted by molar-refractivity contribution is 6.43. The number of hydrogen-bond acceptors (Lipinski definition) is 0. The summed E-state index contributed by atoms with van der Waals surface area (Å²) in [6.45, 7) is 0. The Morgan fingerprint density at radius 1 is 1.00 bits per heavy atom. The maximum Gasteiger partial charge on any atom is 0.117 e. The molecule has 2 heterocycles. The van der Waals surface area contributed by atoms with Crippen molar-refractivity contribution < 1.29 is 0 Å². The lowest BCUT2D eigenvalue weighted by molar-refractivity contribution is 0.607. The summed E-state index contributed by atoms with van der Waals surface area (Å²) in [6.07, 6.45) is 7.52. The first-order valence-corrected chi connectivity index (χ1v) is 3.80. The third-order valence-electron chi connectivity index (χ3n) is 2.55. The topological polar surface area (TPSA) is 0 Å². The molecule has 0 aromatic carbocycles. The van der Waals surface area contributed by atoms with Crippen molar-refractivity contribution in [1.82, 2.24) is 0 Å². The second-order valence-electron chi connectivity index (χ2n) is 3.23. The predicted octanol–water partition coefficient (Wildman–Crippen LogP) is 2.25. The Bertz CT molecular complexity index is 68.9. The van der Waals surface area contributed by atoms with E-state index in [1.165, 1.54) is 32.1 Å². The van der Waals surface area contributed by atoms with Gasteiger partial charge in [0.1, 0.15) is 7.28 Å². The van der Waals surface area contributed by atoms with E-state index in [4.69, 9.17) is 0 Å². The molecule has 0 aromatic heterocycles. The van der Waals surface area contributed by atoms with E-state index in [2.05, 4.69) is 7.28 Å². The van der Waals surface area contributed by atoms with Gasteiger partial charge in [0.15, 0.2) is 0 Å². The average molecular weight is 107 g/mol. The fraction of sp³-hybridized carbons (Fsp3) is 1.00. The van der Waals surface area contributed by atoms with Gasteiger partial charge in [-0.05, 0) is 0 Å². The van der Waals surface area contributed by atoms with Gasteiger partial charge < -0.3 is 0 Å². The van der Waals surface area contributed by atoms with E-state index in [0.717, 1.165) is 11.6 Å². The van der Waals surface area contributed by atoms with Gasteiger partial charge in [-0.3, -0.25) is 0 Å². The van der Waals surface area contributed by atoms with Crippen LogP contribution in [0.3, 0.4) is 0 Å². The van der Waals surface area contributed by atoms with Crippen molar-refractivity contribution in [2.24, 2.45) is 0 Å². The Morgan fingerprint density at radius 2 is 1.50 bits per heavy atom. The first-order valence-electron chi connectivity index (χ1n) is 3.80. The van der Waals surface area contributed by atoms with Gasteiger partial charge in [-0.25, -0.2) is 0 Å². The van der Waals surface area contributed by atoms with Gasteiger partial charge in [0.25, 0.3) is 0 Å². The lowest BCUT2D eigenvalue weighted by Crippen LogP contribution is -2.21. The summed E-state index contributed by atoms with van der Waals surface area (Å²) >= 11 is 0. The van der Waals surface area contributed by atoms with Crippen molar-refractivity contribution in [3.63, 3.8) is 0 Å². The van der Waals surface area contributed by atoms with Crippen LogP contribution >= 0.6 is 0 Å². The smallest absolute Gasteiger partial charge is 0.0690 e. The van der Waals surface area contributed by atoms with Crippen molar-refractivity contribution in [3.8, 4) is 0 Å². The second kappa shape index (κ2) is 1.79. The van der Waals surface area contributed by atoms with Crippen LogP contribution in [0.15, 0.2) is 0 Å². The minimum Gasteiger partial charge on any atom is -0.0690 e. The monoisotopic (exact) mass is 107 g/mol. The standard InChI is InChI=1S/C7H12B/c1-2-4-7-5-6(3-1)8-7/h6-7H,1-5H2/t6-,7?/m0/s1. The summed E-state index contributed by atoms with van der Waals surface area (Å²) < 4.78 is 0. The molecule has 0 aromatic rings. The van der Waals surface area contributed by atoms with E-state index >= 15 is 0 Å². The molecule has 2 aliphatic heterocycles. The highest BCUT2D eigenvalue weighted by Crippen LogP contribution is 2.45. The van der Waals surface area contributed by atoms with Crippen LogP contribution in [0.1, 0.15) is 32.1 Å². The Labute approximate surface area is 51.9 Å². The number of fused-ring (bicyclic) bond motifs is 3. The summed E-state index contributed by atoms with van der Waals surface area (Å²) in [5.74, 6) is 2.09. The summed E-state index contributed by atoms with van der Waals surface area (Å²) in [5.41, 5.74) is 0. The van der Waals surface area contributed by atoms with Gasteiger partial charge in [0.05, 0.1) is 0 Å². The zero-order valence-electron chi connectivity index (χ0n) is 5.27. The van der Waals surface area contributed by atoms with Crippen LogP contribution in [0.25, 0.3) is 0 Å². The minimum atomic E-state index is 1.04. The summed E-state index contributed by atoms with van der Waals surface area (Å²) in [7, 11) is 2.56. The van der Waals surface area contributed by atoms with Crippen LogP contribution in [0.2, 0.25) is 11.6 Å². The molecule has 3 fully saturated rings. The summed E-state index contributed by atoms with van der Waals surface area (Å²) in [4.78, 5) is 0.